The summed E-state index contributed by atoms with van der Waals surface area (Å²) in [7, 11) is 2.07. The van der Waals surface area contributed by atoms with Crippen LogP contribution >= 0.6 is 0 Å². The summed E-state index contributed by atoms with van der Waals surface area (Å²) in [6.07, 6.45) is 6.64. The summed E-state index contributed by atoms with van der Waals surface area (Å²) >= 11 is 0. The summed E-state index contributed by atoms with van der Waals surface area (Å²) in [6, 6.07) is 9.08. The lowest BCUT2D eigenvalue weighted by Crippen LogP contribution is -2.25. The van der Waals surface area contributed by atoms with E-state index in [4.69, 9.17) is 0 Å². The minimum Gasteiger partial charge on any atom is -0.313 e. The molecule has 0 radical (unpaired) electrons. The Bertz CT molecular complexity index is 540. The Kier molecular flexibility index (Phi) is 3.04. The molecule has 2 heteroatoms. The summed E-state index contributed by atoms with van der Waals surface area (Å²) in [6.45, 7) is 2.37. The van der Waals surface area contributed by atoms with Crippen LogP contribution in [0.1, 0.15) is 31.4 Å². The fourth-order valence-corrected chi connectivity index (χ4v) is 3.00. The molecule has 1 heterocycles. The second-order valence-corrected chi connectivity index (χ2v) is 5.41. The molecule has 1 aromatic carbocycles. The van der Waals surface area contributed by atoms with Gasteiger partial charge in [0.1, 0.15) is 0 Å². The Hall–Kier alpha value is -1.41. The highest BCUT2D eigenvalue weighted by atomic mass is 14.9. The number of benzene rings is 1. The van der Waals surface area contributed by atoms with Gasteiger partial charge in [-0.05, 0) is 48.7 Å². The third-order valence-electron chi connectivity index (χ3n) is 4.25. The molecule has 1 aliphatic rings. The van der Waals surface area contributed by atoms with Crippen LogP contribution in [-0.2, 0) is 0 Å². The molecule has 1 saturated carbocycles. The van der Waals surface area contributed by atoms with Gasteiger partial charge in [0, 0.05) is 23.8 Å². The van der Waals surface area contributed by atoms with E-state index in [1.54, 1.807) is 0 Å². The molecule has 3 rings (SSSR count). The van der Waals surface area contributed by atoms with Crippen molar-refractivity contribution in [1.82, 2.24) is 10.3 Å². The second-order valence-electron chi connectivity index (χ2n) is 5.41. The molecule has 1 aliphatic carbocycles. The Balaban J connectivity index is 2.05. The van der Waals surface area contributed by atoms with Crippen LogP contribution < -0.4 is 5.32 Å². The van der Waals surface area contributed by atoms with Gasteiger partial charge in [0.2, 0.25) is 0 Å². The van der Waals surface area contributed by atoms with Gasteiger partial charge in [-0.25, -0.2) is 0 Å². The maximum Gasteiger partial charge on any atom is 0.0352 e. The standard InChI is InChI=1S/C16H20N2/c1-11(12-6-7-12)16(17-2)14-5-3-4-13-8-9-18-10-15(13)14/h3-5,8-12,16-17H,6-7H2,1-2H3. The van der Waals surface area contributed by atoms with E-state index in [-0.39, 0.29) is 0 Å². The van der Waals surface area contributed by atoms with Gasteiger partial charge in [0.05, 0.1) is 0 Å². The van der Waals surface area contributed by atoms with Crippen LogP contribution in [0.15, 0.2) is 36.7 Å². The van der Waals surface area contributed by atoms with Crippen molar-refractivity contribution in [1.29, 1.82) is 0 Å². The van der Waals surface area contributed by atoms with E-state index >= 15 is 0 Å². The predicted octanol–water partition coefficient (Wildman–Crippen LogP) is 3.54. The van der Waals surface area contributed by atoms with E-state index in [2.05, 4.69) is 48.5 Å². The zero-order valence-electron chi connectivity index (χ0n) is 11.1. The molecule has 0 saturated heterocycles. The van der Waals surface area contributed by atoms with Gasteiger partial charge in [-0.3, -0.25) is 4.98 Å². The number of aromatic nitrogens is 1. The van der Waals surface area contributed by atoms with Crippen molar-refractivity contribution >= 4 is 10.8 Å². The maximum atomic E-state index is 4.28. The third kappa shape index (κ3) is 2.01. The smallest absolute Gasteiger partial charge is 0.0352 e. The zero-order chi connectivity index (χ0) is 12.5. The SMILES string of the molecule is CNC(c1cccc2ccncc12)C(C)C1CC1. The first-order chi connectivity index (χ1) is 8.81. The molecule has 2 aromatic rings. The summed E-state index contributed by atoms with van der Waals surface area (Å²) < 4.78 is 0. The van der Waals surface area contributed by atoms with Crippen molar-refractivity contribution < 1.29 is 0 Å². The molecule has 2 nitrogen and oxygen atoms in total. The molecule has 0 aliphatic heterocycles. The Morgan fingerprint density at radius 2 is 2.11 bits per heavy atom. The van der Waals surface area contributed by atoms with Crippen molar-refractivity contribution in [3.8, 4) is 0 Å². The van der Waals surface area contributed by atoms with E-state index in [0.717, 1.165) is 5.92 Å². The summed E-state index contributed by atoms with van der Waals surface area (Å²) in [5.41, 5.74) is 1.39. The van der Waals surface area contributed by atoms with E-state index in [1.807, 2.05) is 12.4 Å². The molecule has 0 bridgehead atoms. The topological polar surface area (TPSA) is 24.9 Å². The number of nitrogens with zero attached hydrogens (tertiary/aromatic N) is 1. The second kappa shape index (κ2) is 4.69. The van der Waals surface area contributed by atoms with Gasteiger partial charge in [0.15, 0.2) is 0 Å². The Labute approximate surface area is 108 Å². The molecular weight excluding hydrogens is 220 g/mol. The van der Waals surface area contributed by atoms with E-state index < -0.39 is 0 Å². The third-order valence-corrected chi connectivity index (χ3v) is 4.25. The maximum absolute atomic E-state index is 4.28. The average molecular weight is 240 g/mol. The molecule has 1 fully saturated rings. The lowest BCUT2D eigenvalue weighted by Gasteiger charge is -2.25. The average Bonchev–Trinajstić information content (AvgIpc) is 3.24. The van der Waals surface area contributed by atoms with Crippen molar-refractivity contribution in [2.75, 3.05) is 7.05 Å². The zero-order valence-corrected chi connectivity index (χ0v) is 11.1. The van der Waals surface area contributed by atoms with E-state index in [9.17, 15) is 0 Å². The van der Waals surface area contributed by atoms with Crippen LogP contribution in [0.25, 0.3) is 10.8 Å². The number of pyridine rings is 1. The largest absolute Gasteiger partial charge is 0.313 e. The molecule has 2 unspecified atom stereocenters. The lowest BCUT2D eigenvalue weighted by molar-refractivity contribution is 0.371. The lowest BCUT2D eigenvalue weighted by atomic mass is 9.88. The monoisotopic (exact) mass is 240 g/mol. The molecule has 0 amide bonds. The highest BCUT2D eigenvalue weighted by Crippen LogP contribution is 2.43. The number of hydrogen-bond donors (Lipinski definition) is 1. The summed E-state index contributed by atoms with van der Waals surface area (Å²) in [5, 5.41) is 6.07. The predicted molar refractivity (Wildman–Crippen MR) is 75.4 cm³/mol. The first-order valence-corrected chi connectivity index (χ1v) is 6.81. The van der Waals surface area contributed by atoms with Crippen LogP contribution in [0.4, 0.5) is 0 Å². The highest BCUT2D eigenvalue weighted by molar-refractivity contribution is 5.85. The van der Waals surface area contributed by atoms with Crippen LogP contribution in [0, 0.1) is 11.8 Å². The minimum absolute atomic E-state index is 0.436. The van der Waals surface area contributed by atoms with Crippen LogP contribution in [0.2, 0.25) is 0 Å². The van der Waals surface area contributed by atoms with Crippen molar-refractivity contribution in [3.63, 3.8) is 0 Å². The normalized spacial score (nSPS) is 18.8. The molecule has 18 heavy (non-hydrogen) atoms. The fraction of sp³-hybridized carbons (Fsp3) is 0.438. The summed E-state index contributed by atoms with van der Waals surface area (Å²) in [4.78, 5) is 4.28. The van der Waals surface area contributed by atoms with Crippen molar-refractivity contribution in [2.24, 2.45) is 11.8 Å². The van der Waals surface area contributed by atoms with Crippen LogP contribution in [0.3, 0.4) is 0 Å². The molecule has 1 N–H and O–H groups in total. The first-order valence-electron chi connectivity index (χ1n) is 6.81. The number of hydrogen-bond acceptors (Lipinski definition) is 2. The first kappa shape index (κ1) is 11.7. The van der Waals surface area contributed by atoms with Gasteiger partial charge in [-0.2, -0.15) is 0 Å². The quantitative estimate of drug-likeness (QED) is 0.884. The highest BCUT2D eigenvalue weighted by Gasteiger charge is 2.33. The molecule has 2 atom stereocenters. The van der Waals surface area contributed by atoms with Gasteiger partial charge < -0.3 is 5.32 Å². The van der Waals surface area contributed by atoms with Crippen LogP contribution in [-0.4, -0.2) is 12.0 Å². The van der Waals surface area contributed by atoms with Gasteiger partial charge in [-0.15, -0.1) is 0 Å². The molecule has 1 aromatic heterocycles. The number of fused-ring (bicyclic) bond motifs is 1. The van der Waals surface area contributed by atoms with E-state index in [0.29, 0.717) is 12.0 Å². The van der Waals surface area contributed by atoms with E-state index in [1.165, 1.54) is 29.2 Å². The molecular formula is C16H20N2. The Morgan fingerprint density at radius 3 is 2.83 bits per heavy atom. The van der Waals surface area contributed by atoms with Crippen LogP contribution in [0.5, 0.6) is 0 Å². The minimum atomic E-state index is 0.436. The van der Waals surface area contributed by atoms with Crippen molar-refractivity contribution in [2.45, 2.75) is 25.8 Å². The van der Waals surface area contributed by atoms with Gasteiger partial charge >= 0.3 is 0 Å². The van der Waals surface area contributed by atoms with Gasteiger partial charge in [0.25, 0.3) is 0 Å². The number of nitrogens with one attached hydrogen (secondary N) is 1. The van der Waals surface area contributed by atoms with Gasteiger partial charge in [-0.1, -0.05) is 25.1 Å². The molecule has 0 spiro atoms. The fourth-order valence-electron chi connectivity index (χ4n) is 3.00. The Morgan fingerprint density at radius 1 is 1.28 bits per heavy atom. The van der Waals surface area contributed by atoms with Crippen molar-refractivity contribution in [3.05, 3.63) is 42.2 Å². The number of rotatable bonds is 4. The summed E-state index contributed by atoms with van der Waals surface area (Å²) in [5.74, 6) is 1.59. The molecule has 94 valence electrons.